The molecule has 0 fully saturated rings. The zero-order chi connectivity index (χ0) is 14.4. The van der Waals surface area contributed by atoms with Gasteiger partial charge in [0.2, 0.25) is 0 Å². The number of aromatic nitrogens is 2. The van der Waals surface area contributed by atoms with Crippen molar-refractivity contribution in [2.45, 2.75) is 13.0 Å². The lowest BCUT2D eigenvalue weighted by atomic mass is 10.1. The summed E-state index contributed by atoms with van der Waals surface area (Å²) in [5.41, 5.74) is 0.624. The van der Waals surface area contributed by atoms with Crippen LogP contribution in [-0.2, 0) is 6.54 Å². The van der Waals surface area contributed by atoms with Crippen LogP contribution >= 0.6 is 0 Å². The fourth-order valence-electron chi connectivity index (χ4n) is 1.75. The minimum atomic E-state index is -1.00. The number of rotatable bonds is 6. The average molecular weight is 273 g/mol. The molecular weight excluding hydrogens is 258 g/mol. The van der Waals surface area contributed by atoms with Crippen molar-refractivity contribution in [3.63, 3.8) is 0 Å². The third-order valence-electron chi connectivity index (χ3n) is 2.83. The SMILES string of the molecule is O=C(O)c1ccc(C(=O)NCCCn2ccnc2)cc1. The molecule has 2 rings (SSSR count). The molecule has 6 heteroatoms. The van der Waals surface area contributed by atoms with Crippen LogP contribution in [0.5, 0.6) is 0 Å². The van der Waals surface area contributed by atoms with E-state index in [9.17, 15) is 9.59 Å². The number of benzene rings is 1. The van der Waals surface area contributed by atoms with E-state index in [1.807, 2.05) is 10.8 Å². The van der Waals surface area contributed by atoms with Crippen LogP contribution in [0.25, 0.3) is 0 Å². The minimum Gasteiger partial charge on any atom is -0.478 e. The highest BCUT2D eigenvalue weighted by Gasteiger charge is 2.07. The van der Waals surface area contributed by atoms with E-state index in [1.54, 1.807) is 12.5 Å². The second-order valence-corrected chi connectivity index (χ2v) is 4.29. The van der Waals surface area contributed by atoms with Crippen molar-refractivity contribution in [2.24, 2.45) is 0 Å². The maximum Gasteiger partial charge on any atom is 0.335 e. The minimum absolute atomic E-state index is 0.168. The Balaban J connectivity index is 1.78. The van der Waals surface area contributed by atoms with Gasteiger partial charge in [-0.3, -0.25) is 4.79 Å². The number of aromatic carboxylic acids is 1. The number of carbonyl (C=O) groups is 2. The van der Waals surface area contributed by atoms with Crippen LogP contribution in [0.1, 0.15) is 27.1 Å². The van der Waals surface area contributed by atoms with Crippen molar-refractivity contribution in [2.75, 3.05) is 6.54 Å². The molecule has 104 valence electrons. The van der Waals surface area contributed by atoms with Crippen LogP contribution in [0.15, 0.2) is 43.0 Å². The Hall–Kier alpha value is -2.63. The number of imidazole rings is 1. The second-order valence-electron chi connectivity index (χ2n) is 4.29. The Morgan fingerprint density at radius 2 is 1.90 bits per heavy atom. The van der Waals surface area contributed by atoms with Crippen molar-refractivity contribution in [3.8, 4) is 0 Å². The van der Waals surface area contributed by atoms with E-state index in [0.717, 1.165) is 13.0 Å². The molecule has 2 N–H and O–H groups in total. The number of nitrogens with one attached hydrogen (secondary N) is 1. The lowest BCUT2D eigenvalue weighted by molar-refractivity contribution is 0.0696. The first-order chi connectivity index (χ1) is 9.66. The standard InChI is InChI=1S/C14H15N3O3/c18-13(11-2-4-12(5-3-11)14(19)20)16-6-1-8-17-9-7-15-10-17/h2-5,7,9-10H,1,6,8H2,(H,16,18)(H,19,20). The summed E-state index contributed by atoms with van der Waals surface area (Å²) in [6.45, 7) is 1.34. The predicted molar refractivity (Wildman–Crippen MR) is 72.6 cm³/mol. The molecule has 2 aromatic rings. The van der Waals surface area contributed by atoms with Gasteiger partial charge >= 0.3 is 5.97 Å². The summed E-state index contributed by atoms with van der Waals surface area (Å²) in [5.74, 6) is -1.20. The molecule has 0 aliphatic rings. The summed E-state index contributed by atoms with van der Waals surface area (Å²) >= 11 is 0. The van der Waals surface area contributed by atoms with Crippen LogP contribution in [-0.4, -0.2) is 33.1 Å². The number of carboxylic acids is 1. The van der Waals surface area contributed by atoms with Crippen molar-refractivity contribution in [3.05, 3.63) is 54.1 Å². The molecule has 20 heavy (non-hydrogen) atoms. The van der Waals surface area contributed by atoms with Gasteiger partial charge in [-0.1, -0.05) is 0 Å². The van der Waals surface area contributed by atoms with Gasteiger partial charge in [0.15, 0.2) is 0 Å². The first-order valence-corrected chi connectivity index (χ1v) is 6.24. The molecule has 1 amide bonds. The Morgan fingerprint density at radius 1 is 1.20 bits per heavy atom. The summed E-state index contributed by atoms with van der Waals surface area (Å²) in [6.07, 6.45) is 6.11. The van der Waals surface area contributed by atoms with Crippen molar-refractivity contribution in [1.82, 2.24) is 14.9 Å². The molecule has 1 aromatic heterocycles. The number of amides is 1. The summed E-state index contributed by atoms with van der Waals surface area (Å²) < 4.78 is 1.94. The highest BCUT2D eigenvalue weighted by atomic mass is 16.4. The Kier molecular flexibility index (Phi) is 4.49. The molecule has 0 saturated carbocycles. The molecule has 0 unspecified atom stereocenters. The zero-order valence-electron chi connectivity index (χ0n) is 10.8. The molecule has 0 aliphatic carbocycles. The van der Waals surface area contributed by atoms with E-state index in [4.69, 9.17) is 5.11 Å². The average Bonchev–Trinajstić information content (AvgIpc) is 2.96. The lowest BCUT2D eigenvalue weighted by Crippen LogP contribution is -2.25. The number of carboxylic acid groups (broad SMARTS) is 1. The first kappa shape index (κ1) is 13.8. The van der Waals surface area contributed by atoms with Crippen molar-refractivity contribution >= 4 is 11.9 Å². The van der Waals surface area contributed by atoms with Crippen LogP contribution in [0.2, 0.25) is 0 Å². The fourth-order valence-corrected chi connectivity index (χ4v) is 1.75. The van der Waals surface area contributed by atoms with Gasteiger partial charge in [-0.2, -0.15) is 0 Å². The molecule has 0 spiro atoms. The molecule has 0 radical (unpaired) electrons. The lowest BCUT2D eigenvalue weighted by Gasteiger charge is -2.06. The van der Waals surface area contributed by atoms with Gasteiger partial charge in [0.1, 0.15) is 0 Å². The number of carbonyl (C=O) groups excluding carboxylic acids is 1. The summed E-state index contributed by atoms with van der Waals surface area (Å²) in [6, 6.07) is 5.86. The molecule has 0 bridgehead atoms. The first-order valence-electron chi connectivity index (χ1n) is 6.24. The van der Waals surface area contributed by atoms with Gasteiger partial charge in [0.25, 0.3) is 5.91 Å². The Labute approximate surface area is 116 Å². The van der Waals surface area contributed by atoms with E-state index in [-0.39, 0.29) is 11.5 Å². The molecule has 0 atom stereocenters. The zero-order valence-corrected chi connectivity index (χ0v) is 10.8. The highest BCUT2D eigenvalue weighted by Crippen LogP contribution is 2.04. The number of hydrogen-bond donors (Lipinski definition) is 2. The smallest absolute Gasteiger partial charge is 0.335 e. The molecule has 0 aliphatic heterocycles. The number of nitrogens with zero attached hydrogens (tertiary/aromatic N) is 2. The Bertz CT molecular complexity index is 576. The fraction of sp³-hybridized carbons (Fsp3) is 0.214. The van der Waals surface area contributed by atoms with Crippen LogP contribution < -0.4 is 5.32 Å². The largest absolute Gasteiger partial charge is 0.478 e. The van der Waals surface area contributed by atoms with E-state index in [1.165, 1.54) is 24.3 Å². The van der Waals surface area contributed by atoms with Crippen LogP contribution in [0, 0.1) is 0 Å². The summed E-state index contributed by atoms with van der Waals surface area (Å²) in [4.78, 5) is 26.4. The number of hydrogen-bond acceptors (Lipinski definition) is 3. The van der Waals surface area contributed by atoms with Gasteiger partial charge in [-0.15, -0.1) is 0 Å². The maximum absolute atomic E-state index is 11.8. The quantitative estimate of drug-likeness (QED) is 0.779. The van der Waals surface area contributed by atoms with E-state index in [0.29, 0.717) is 12.1 Å². The number of aryl methyl sites for hydroxylation is 1. The van der Waals surface area contributed by atoms with Crippen LogP contribution in [0.3, 0.4) is 0 Å². The molecular formula is C14H15N3O3. The molecule has 0 saturated heterocycles. The van der Waals surface area contributed by atoms with Crippen molar-refractivity contribution in [1.29, 1.82) is 0 Å². The third-order valence-corrected chi connectivity index (χ3v) is 2.83. The molecule has 6 nitrogen and oxygen atoms in total. The van der Waals surface area contributed by atoms with Crippen LogP contribution in [0.4, 0.5) is 0 Å². The van der Waals surface area contributed by atoms with E-state index < -0.39 is 5.97 Å². The van der Waals surface area contributed by atoms with Gasteiger partial charge < -0.3 is 15.0 Å². The summed E-state index contributed by atoms with van der Waals surface area (Å²) in [7, 11) is 0. The van der Waals surface area contributed by atoms with E-state index >= 15 is 0 Å². The van der Waals surface area contributed by atoms with Gasteiger partial charge in [0, 0.05) is 31.0 Å². The highest BCUT2D eigenvalue weighted by molar-refractivity contribution is 5.95. The normalized spacial score (nSPS) is 10.2. The van der Waals surface area contributed by atoms with Gasteiger partial charge in [-0.25, -0.2) is 9.78 Å². The van der Waals surface area contributed by atoms with Gasteiger partial charge in [-0.05, 0) is 30.7 Å². The molecule has 1 heterocycles. The topological polar surface area (TPSA) is 84.2 Å². The van der Waals surface area contributed by atoms with Crippen molar-refractivity contribution < 1.29 is 14.7 Å². The third kappa shape index (κ3) is 3.68. The van der Waals surface area contributed by atoms with E-state index in [2.05, 4.69) is 10.3 Å². The summed E-state index contributed by atoms with van der Waals surface area (Å²) in [5, 5.41) is 11.6. The van der Waals surface area contributed by atoms with Gasteiger partial charge in [0.05, 0.1) is 11.9 Å². The maximum atomic E-state index is 11.8. The predicted octanol–water partition coefficient (Wildman–Crippen LogP) is 1.40. The molecule has 1 aromatic carbocycles. The monoisotopic (exact) mass is 273 g/mol. The second kappa shape index (κ2) is 6.51. The Morgan fingerprint density at radius 3 is 2.50 bits per heavy atom.